The van der Waals surface area contributed by atoms with Crippen LogP contribution in [0.5, 0.6) is 11.5 Å². The van der Waals surface area contributed by atoms with Crippen LogP contribution in [0.4, 0.5) is 0 Å². The van der Waals surface area contributed by atoms with Crippen LogP contribution in [0.2, 0.25) is 0 Å². The topological polar surface area (TPSA) is 78.9 Å². The Morgan fingerprint density at radius 1 is 0.846 bits per heavy atom. The lowest BCUT2D eigenvalue weighted by Gasteiger charge is -2.42. The number of rotatable bonds is 5. The van der Waals surface area contributed by atoms with Gasteiger partial charge in [-0.15, -0.1) is 0 Å². The second-order valence-electron chi connectivity index (χ2n) is 12.4. The minimum absolute atomic E-state index is 0.000399. The van der Waals surface area contributed by atoms with Gasteiger partial charge >= 0.3 is 5.97 Å². The molecule has 0 unspecified atom stereocenters. The summed E-state index contributed by atoms with van der Waals surface area (Å²) < 4.78 is 17.7. The van der Waals surface area contributed by atoms with Crippen molar-refractivity contribution in [3.63, 3.8) is 0 Å². The lowest BCUT2D eigenvalue weighted by Crippen LogP contribution is -2.37. The summed E-state index contributed by atoms with van der Waals surface area (Å²) in [6.07, 6.45) is 2.90. The normalized spacial score (nSPS) is 20.3. The Balaban J connectivity index is 1.55. The third kappa shape index (κ3) is 5.17. The molecule has 39 heavy (non-hydrogen) atoms. The van der Waals surface area contributed by atoms with Crippen LogP contribution in [0.25, 0.3) is 0 Å². The van der Waals surface area contributed by atoms with E-state index in [9.17, 15) is 14.4 Å². The van der Waals surface area contributed by atoms with Crippen LogP contribution in [-0.4, -0.2) is 24.6 Å². The predicted molar refractivity (Wildman–Crippen MR) is 148 cm³/mol. The molecule has 0 radical (unpaired) electrons. The maximum Gasteiger partial charge on any atom is 0.343 e. The summed E-state index contributed by atoms with van der Waals surface area (Å²) in [5.41, 5.74) is 2.98. The lowest BCUT2D eigenvalue weighted by atomic mass is 9.65. The number of allylic oxidation sites excluding steroid dienone is 4. The Morgan fingerprint density at radius 3 is 1.92 bits per heavy atom. The highest BCUT2D eigenvalue weighted by atomic mass is 16.6. The Kier molecular flexibility index (Phi) is 6.78. The van der Waals surface area contributed by atoms with Crippen molar-refractivity contribution in [3.05, 3.63) is 81.8 Å². The molecule has 0 saturated heterocycles. The quantitative estimate of drug-likeness (QED) is 0.311. The number of methoxy groups -OCH3 is 1. The summed E-state index contributed by atoms with van der Waals surface area (Å²) >= 11 is 0. The molecule has 0 fully saturated rings. The molecule has 3 aliphatic rings. The molecule has 2 aliphatic carbocycles. The molecule has 1 aliphatic heterocycles. The van der Waals surface area contributed by atoms with E-state index in [2.05, 4.69) is 34.6 Å². The lowest BCUT2D eigenvalue weighted by molar-refractivity contribution is -0.120. The number of hydrogen-bond acceptors (Lipinski definition) is 6. The fraction of sp³-hybridized carbons (Fsp3) is 0.424. The molecular formula is C33H36O6. The highest BCUT2D eigenvalue weighted by molar-refractivity contribution is 6.06. The SMILES string of the molecule is CCc1ccc(C(=O)Oc2ccc(C3C4=C(CC(C)(C)CC4=O)OC4=C3C(=O)CC(C)(C)C4)cc2OC)cc1. The van der Waals surface area contributed by atoms with Crippen LogP contribution in [0.3, 0.4) is 0 Å². The number of carbonyl (C=O) groups excluding carboxylic acids is 3. The molecular weight excluding hydrogens is 492 g/mol. The van der Waals surface area contributed by atoms with Gasteiger partial charge in [-0.05, 0) is 52.6 Å². The van der Waals surface area contributed by atoms with Gasteiger partial charge < -0.3 is 14.2 Å². The summed E-state index contributed by atoms with van der Waals surface area (Å²) in [5.74, 6) is 0.921. The molecule has 0 aromatic heterocycles. The van der Waals surface area contributed by atoms with Crippen LogP contribution in [0, 0.1) is 10.8 Å². The van der Waals surface area contributed by atoms with Gasteiger partial charge in [0.05, 0.1) is 12.7 Å². The van der Waals surface area contributed by atoms with E-state index in [1.807, 2.05) is 18.2 Å². The summed E-state index contributed by atoms with van der Waals surface area (Å²) in [4.78, 5) is 39.9. The van der Waals surface area contributed by atoms with E-state index in [1.165, 1.54) is 7.11 Å². The van der Waals surface area contributed by atoms with E-state index in [0.29, 0.717) is 59.7 Å². The van der Waals surface area contributed by atoms with Gasteiger partial charge in [0.2, 0.25) is 0 Å². The van der Waals surface area contributed by atoms with E-state index < -0.39 is 11.9 Å². The molecule has 1 heterocycles. The average Bonchev–Trinajstić information content (AvgIpc) is 2.86. The fourth-order valence-electron chi connectivity index (χ4n) is 5.99. The van der Waals surface area contributed by atoms with Crippen molar-refractivity contribution in [1.82, 2.24) is 0 Å². The molecule has 2 aromatic rings. The first-order valence-corrected chi connectivity index (χ1v) is 13.6. The third-order valence-electron chi connectivity index (χ3n) is 7.90. The average molecular weight is 529 g/mol. The van der Waals surface area contributed by atoms with Crippen LogP contribution < -0.4 is 9.47 Å². The number of esters is 1. The van der Waals surface area contributed by atoms with Crippen molar-refractivity contribution in [1.29, 1.82) is 0 Å². The van der Waals surface area contributed by atoms with E-state index in [0.717, 1.165) is 17.5 Å². The molecule has 204 valence electrons. The Hall–Kier alpha value is -3.67. The smallest absolute Gasteiger partial charge is 0.343 e. The number of ketones is 2. The number of aryl methyl sites for hydroxylation is 1. The zero-order chi connectivity index (χ0) is 28.1. The minimum atomic E-state index is -0.545. The van der Waals surface area contributed by atoms with Gasteiger partial charge in [-0.2, -0.15) is 0 Å². The van der Waals surface area contributed by atoms with Crippen molar-refractivity contribution in [3.8, 4) is 11.5 Å². The molecule has 0 atom stereocenters. The monoisotopic (exact) mass is 528 g/mol. The molecule has 5 rings (SSSR count). The fourth-order valence-corrected chi connectivity index (χ4v) is 5.99. The first kappa shape index (κ1) is 26.9. The van der Waals surface area contributed by atoms with Crippen molar-refractivity contribution < 1.29 is 28.6 Å². The number of benzene rings is 2. The summed E-state index contributed by atoms with van der Waals surface area (Å²) in [7, 11) is 1.51. The molecule has 6 nitrogen and oxygen atoms in total. The first-order valence-electron chi connectivity index (χ1n) is 13.6. The van der Waals surface area contributed by atoms with Crippen molar-refractivity contribution in [2.24, 2.45) is 10.8 Å². The minimum Gasteiger partial charge on any atom is -0.493 e. The second kappa shape index (κ2) is 9.82. The Morgan fingerprint density at radius 2 is 1.41 bits per heavy atom. The zero-order valence-electron chi connectivity index (χ0n) is 23.6. The highest BCUT2D eigenvalue weighted by Gasteiger charge is 2.48. The molecule has 0 N–H and O–H groups in total. The van der Waals surface area contributed by atoms with Gasteiger partial charge in [0, 0.05) is 42.7 Å². The van der Waals surface area contributed by atoms with E-state index in [1.54, 1.807) is 24.3 Å². The summed E-state index contributed by atoms with van der Waals surface area (Å²) in [5, 5.41) is 0. The Bertz CT molecular complexity index is 1370. The molecule has 0 saturated carbocycles. The summed E-state index contributed by atoms with van der Waals surface area (Å²) in [6, 6.07) is 12.6. The number of ether oxygens (including phenoxy) is 3. The van der Waals surface area contributed by atoms with Gasteiger partial charge in [0.25, 0.3) is 0 Å². The van der Waals surface area contributed by atoms with Crippen LogP contribution in [-0.2, 0) is 20.7 Å². The molecule has 0 amide bonds. The first-order chi connectivity index (χ1) is 18.4. The maximum atomic E-state index is 13.5. The van der Waals surface area contributed by atoms with Gasteiger partial charge in [0.15, 0.2) is 23.1 Å². The molecule has 6 heteroatoms. The Labute approximate surface area is 230 Å². The molecule has 0 bridgehead atoms. The molecule has 2 aromatic carbocycles. The molecule has 0 spiro atoms. The van der Waals surface area contributed by atoms with E-state index in [4.69, 9.17) is 14.2 Å². The van der Waals surface area contributed by atoms with Gasteiger partial charge in [0.1, 0.15) is 11.5 Å². The van der Waals surface area contributed by atoms with Gasteiger partial charge in [-0.1, -0.05) is 52.8 Å². The largest absolute Gasteiger partial charge is 0.493 e. The van der Waals surface area contributed by atoms with Crippen molar-refractivity contribution >= 4 is 17.5 Å². The number of Topliss-reactive ketones (excluding diaryl/α,β-unsaturated/α-hetero) is 2. The van der Waals surface area contributed by atoms with Crippen LogP contribution >= 0.6 is 0 Å². The summed E-state index contributed by atoms with van der Waals surface area (Å²) in [6.45, 7) is 10.3. The van der Waals surface area contributed by atoms with Crippen molar-refractivity contribution in [2.45, 2.75) is 72.6 Å². The number of carbonyl (C=O) groups is 3. The van der Waals surface area contributed by atoms with Crippen molar-refractivity contribution in [2.75, 3.05) is 7.11 Å². The third-order valence-corrected chi connectivity index (χ3v) is 7.90. The van der Waals surface area contributed by atoms with Gasteiger partial charge in [-0.25, -0.2) is 4.79 Å². The van der Waals surface area contributed by atoms with E-state index >= 15 is 0 Å². The predicted octanol–water partition coefficient (Wildman–Crippen LogP) is 6.88. The van der Waals surface area contributed by atoms with Crippen LogP contribution in [0.15, 0.2) is 65.1 Å². The number of hydrogen-bond donors (Lipinski definition) is 0. The standard InChI is InChI=1S/C33H36O6/c1-7-19-8-10-20(11-9-19)31(36)39-24-13-12-21(14-25(24)37-6)28-29-22(34)15-32(2,3)17-26(29)38-27-18-33(4,5)16-23(35)30(27)28/h8-14,28H,7,15-18H2,1-6H3. The van der Waals surface area contributed by atoms with E-state index in [-0.39, 0.29) is 28.1 Å². The van der Waals surface area contributed by atoms with Gasteiger partial charge in [-0.3, -0.25) is 9.59 Å². The maximum absolute atomic E-state index is 13.5. The van der Waals surface area contributed by atoms with Crippen LogP contribution in [0.1, 0.15) is 87.7 Å². The highest BCUT2D eigenvalue weighted by Crippen LogP contribution is 2.53. The zero-order valence-corrected chi connectivity index (χ0v) is 23.6. The second-order valence-corrected chi connectivity index (χ2v) is 12.4.